The summed E-state index contributed by atoms with van der Waals surface area (Å²) in [6.45, 7) is 0. The van der Waals surface area contributed by atoms with E-state index in [1.165, 1.54) is 4.90 Å². The summed E-state index contributed by atoms with van der Waals surface area (Å²) >= 11 is 18.4. The minimum absolute atomic E-state index is 0.0467. The molecule has 2 aromatic rings. The van der Waals surface area contributed by atoms with Gasteiger partial charge < -0.3 is 4.42 Å². The molecule has 2 aliphatic rings. The van der Waals surface area contributed by atoms with E-state index in [-0.39, 0.29) is 17.4 Å². The predicted molar refractivity (Wildman–Crippen MR) is 116 cm³/mol. The number of thiocarbonyl (C=S) groups is 1. The maximum absolute atomic E-state index is 12.8. The van der Waals surface area contributed by atoms with E-state index >= 15 is 0 Å². The van der Waals surface area contributed by atoms with E-state index in [1.807, 2.05) is 0 Å². The van der Waals surface area contributed by atoms with Gasteiger partial charge in [-0.15, -0.1) is 0 Å². The number of hydrogen-bond donors (Lipinski definition) is 0. The first-order valence-electron chi connectivity index (χ1n) is 8.26. The Labute approximate surface area is 181 Å². The van der Waals surface area contributed by atoms with Crippen LogP contribution in [0.5, 0.6) is 0 Å². The van der Waals surface area contributed by atoms with Gasteiger partial charge >= 0.3 is 0 Å². The van der Waals surface area contributed by atoms with Crippen LogP contribution < -0.4 is 0 Å². The van der Waals surface area contributed by atoms with Crippen LogP contribution in [-0.2, 0) is 14.6 Å². The number of halogens is 2. The Morgan fingerprint density at radius 1 is 1.21 bits per heavy atom. The Bertz CT molecular complexity index is 1120. The number of amides is 1. The second-order valence-electron chi connectivity index (χ2n) is 6.44. The van der Waals surface area contributed by atoms with Gasteiger partial charge in [0.1, 0.15) is 15.8 Å². The molecule has 5 nitrogen and oxygen atoms in total. The second-order valence-corrected chi connectivity index (χ2v) is 11.2. The number of carbonyl (C=O) groups excluding carboxylic acids is 1. The summed E-state index contributed by atoms with van der Waals surface area (Å²) in [4.78, 5) is 14.6. The van der Waals surface area contributed by atoms with Gasteiger partial charge in [-0.05, 0) is 36.8 Å². The van der Waals surface area contributed by atoms with Gasteiger partial charge in [0, 0.05) is 11.6 Å². The smallest absolute Gasteiger partial charge is 0.266 e. The van der Waals surface area contributed by atoms with Crippen LogP contribution in [-0.4, -0.2) is 41.1 Å². The second kappa shape index (κ2) is 7.50. The summed E-state index contributed by atoms with van der Waals surface area (Å²) in [5.74, 6) is 0.820. The van der Waals surface area contributed by atoms with Crippen LogP contribution in [0.1, 0.15) is 12.2 Å². The largest absolute Gasteiger partial charge is 0.457 e. The van der Waals surface area contributed by atoms with Crippen molar-refractivity contribution in [3.8, 4) is 11.3 Å². The molecule has 0 radical (unpaired) electrons. The fourth-order valence-corrected chi connectivity index (χ4v) is 6.52. The molecule has 2 aliphatic heterocycles. The zero-order valence-electron chi connectivity index (χ0n) is 14.2. The average molecular weight is 474 g/mol. The third-order valence-electron chi connectivity index (χ3n) is 4.50. The lowest BCUT2D eigenvalue weighted by Crippen LogP contribution is -2.39. The summed E-state index contributed by atoms with van der Waals surface area (Å²) in [5, 5.41) is 0.874. The lowest BCUT2D eigenvalue weighted by Gasteiger charge is -2.20. The molecule has 28 heavy (non-hydrogen) atoms. The fraction of sp³-hybridized carbons (Fsp3) is 0.222. The zero-order chi connectivity index (χ0) is 20.1. The molecule has 1 aromatic carbocycles. The van der Waals surface area contributed by atoms with Crippen molar-refractivity contribution in [2.24, 2.45) is 0 Å². The topological polar surface area (TPSA) is 67.6 Å². The highest BCUT2D eigenvalue weighted by Crippen LogP contribution is 2.37. The van der Waals surface area contributed by atoms with Crippen molar-refractivity contribution >= 4 is 73.3 Å². The molecule has 0 aliphatic carbocycles. The van der Waals surface area contributed by atoms with E-state index in [4.69, 9.17) is 39.8 Å². The molecule has 2 fully saturated rings. The van der Waals surface area contributed by atoms with E-state index in [9.17, 15) is 13.2 Å². The summed E-state index contributed by atoms with van der Waals surface area (Å²) < 4.78 is 29.6. The highest BCUT2D eigenvalue weighted by molar-refractivity contribution is 8.26. The number of sulfone groups is 1. The quantitative estimate of drug-likeness (QED) is 0.477. The van der Waals surface area contributed by atoms with Crippen LogP contribution in [0.25, 0.3) is 17.4 Å². The molecule has 1 aromatic heterocycles. The molecule has 1 atom stereocenters. The standard InChI is InChI=1S/C18H13Cl2NO4S3/c19-13-3-1-10(7-14(13)20)15-4-2-12(25-15)8-16-17(22)21(18(26)27-16)11-5-6-28(23,24)9-11/h1-4,7-8,11H,5-6,9H2/b16-8-. The number of furan rings is 1. The molecular formula is C18H13Cl2NO4S3. The molecule has 0 spiro atoms. The Hall–Kier alpha value is -1.32. The number of nitrogens with zero attached hydrogens (tertiary/aromatic N) is 1. The van der Waals surface area contributed by atoms with Crippen molar-refractivity contribution in [3.63, 3.8) is 0 Å². The van der Waals surface area contributed by atoms with Gasteiger partial charge in [-0.25, -0.2) is 8.42 Å². The number of rotatable bonds is 3. The Kier molecular flexibility index (Phi) is 5.35. The van der Waals surface area contributed by atoms with Crippen LogP contribution >= 0.6 is 47.2 Å². The van der Waals surface area contributed by atoms with Crippen LogP contribution in [0.4, 0.5) is 0 Å². The first-order valence-corrected chi connectivity index (χ1v) is 12.1. The monoisotopic (exact) mass is 473 g/mol. The molecule has 4 rings (SSSR count). The number of thioether (sulfide) groups is 1. The summed E-state index contributed by atoms with van der Waals surface area (Å²) in [6.07, 6.45) is 2.02. The van der Waals surface area contributed by atoms with E-state index in [0.29, 0.717) is 37.2 Å². The third kappa shape index (κ3) is 3.89. The molecule has 1 unspecified atom stereocenters. The highest BCUT2D eigenvalue weighted by Gasteiger charge is 2.42. The summed E-state index contributed by atoms with van der Waals surface area (Å²) in [6, 6.07) is 8.29. The minimum Gasteiger partial charge on any atom is -0.457 e. The molecule has 0 N–H and O–H groups in total. The van der Waals surface area contributed by atoms with Gasteiger partial charge in [-0.1, -0.05) is 47.2 Å². The Morgan fingerprint density at radius 3 is 2.68 bits per heavy atom. The third-order valence-corrected chi connectivity index (χ3v) is 8.32. The summed E-state index contributed by atoms with van der Waals surface area (Å²) in [5.41, 5.74) is 0.762. The Morgan fingerprint density at radius 2 is 2.00 bits per heavy atom. The van der Waals surface area contributed by atoms with E-state index in [0.717, 1.165) is 17.3 Å². The molecule has 2 saturated heterocycles. The van der Waals surface area contributed by atoms with Gasteiger partial charge in [0.25, 0.3) is 5.91 Å². The van der Waals surface area contributed by atoms with Gasteiger partial charge in [0.15, 0.2) is 9.84 Å². The van der Waals surface area contributed by atoms with Crippen molar-refractivity contribution in [3.05, 3.63) is 51.0 Å². The van der Waals surface area contributed by atoms with Crippen molar-refractivity contribution in [2.45, 2.75) is 12.5 Å². The molecule has 3 heterocycles. The van der Waals surface area contributed by atoms with Crippen LogP contribution in [0.2, 0.25) is 10.0 Å². The molecule has 1 amide bonds. The SMILES string of the molecule is O=C1/C(=C/c2ccc(-c3ccc(Cl)c(Cl)c3)o2)SC(=S)N1C1CCS(=O)(=O)C1. The van der Waals surface area contributed by atoms with Crippen molar-refractivity contribution < 1.29 is 17.6 Å². The van der Waals surface area contributed by atoms with Crippen LogP contribution in [0.3, 0.4) is 0 Å². The maximum atomic E-state index is 12.8. The highest BCUT2D eigenvalue weighted by atomic mass is 35.5. The van der Waals surface area contributed by atoms with E-state index < -0.39 is 15.9 Å². The lowest BCUT2D eigenvalue weighted by atomic mass is 10.2. The van der Waals surface area contributed by atoms with Crippen LogP contribution in [0, 0.1) is 0 Å². The van der Waals surface area contributed by atoms with Gasteiger partial charge in [0.05, 0.1) is 32.5 Å². The van der Waals surface area contributed by atoms with Crippen molar-refractivity contribution in [1.29, 1.82) is 0 Å². The normalized spacial score (nSPS) is 23.1. The van der Waals surface area contributed by atoms with Gasteiger partial charge in [-0.3, -0.25) is 9.69 Å². The van der Waals surface area contributed by atoms with Crippen LogP contribution in [0.15, 0.2) is 39.7 Å². The Balaban J connectivity index is 1.57. The average Bonchev–Trinajstić information content (AvgIpc) is 3.29. The zero-order valence-corrected chi connectivity index (χ0v) is 18.2. The van der Waals surface area contributed by atoms with E-state index in [2.05, 4.69) is 0 Å². The molecule has 10 heteroatoms. The predicted octanol–water partition coefficient (Wildman–Crippen LogP) is 4.64. The van der Waals surface area contributed by atoms with E-state index in [1.54, 1.807) is 36.4 Å². The first-order chi connectivity index (χ1) is 13.2. The van der Waals surface area contributed by atoms with Crippen molar-refractivity contribution in [2.75, 3.05) is 11.5 Å². The lowest BCUT2D eigenvalue weighted by molar-refractivity contribution is -0.123. The molecule has 0 bridgehead atoms. The minimum atomic E-state index is -3.11. The number of carbonyl (C=O) groups is 1. The van der Waals surface area contributed by atoms with Gasteiger partial charge in [0.2, 0.25) is 0 Å². The van der Waals surface area contributed by atoms with Gasteiger partial charge in [-0.2, -0.15) is 0 Å². The molecule has 0 saturated carbocycles. The summed E-state index contributed by atoms with van der Waals surface area (Å²) in [7, 11) is -3.11. The molecule has 146 valence electrons. The number of benzene rings is 1. The molecular weight excluding hydrogens is 461 g/mol. The first kappa shape index (κ1) is 20.0. The fourth-order valence-electron chi connectivity index (χ4n) is 3.14. The maximum Gasteiger partial charge on any atom is 0.266 e. The number of hydrogen-bond acceptors (Lipinski definition) is 6. The van der Waals surface area contributed by atoms with Crippen molar-refractivity contribution in [1.82, 2.24) is 4.90 Å².